The normalized spacial score (nSPS) is 16.9. The van der Waals surface area contributed by atoms with E-state index in [2.05, 4.69) is 0 Å². The molecule has 2 atom stereocenters. The fourth-order valence-corrected chi connectivity index (χ4v) is 5.75. The van der Waals surface area contributed by atoms with E-state index in [0.717, 1.165) is 24.0 Å². The standard InChI is InChI=1S/C19H26O5.C17H20O4/c1-5-13-19(4,14-11-9-8-10-12-14)16(20)15(17(21)23-6-2)18(22)24-7-3;1-4-10-17(3)12-9-7-6-8-11(12)14(18)13(15(17)19)16(20)21-5-2/h8-12,15H,5-7,13H2,1-4H3;6-9,18H,4-5,10H2,1-3H3. The molecule has 2 unspecified atom stereocenters. The van der Waals surface area contributed by atoms with E-state index in [0.29, 0.717) is 18.4 Å². The Hall–Kier alpha value is -4.27. The Morgan fingerprint density at radius 2 is 1.33 bits per heavy atom. The van der Waals surface area contributed by atoms with Crippen LogP contribution in [0.4, 0.5) is 0 Å². The minimum absolute atomic E-state index is 0.0951. The highest BCUT2D eigenvalue weighted by Gasteiger charge is 2.47. The Labute approximate surface area is 265 Å². The lowest BCUT2D eigenvalue weighted by Crippen LogP contribution is -2.45. The van der Waals surface area contributed by atoms with E-state index in [1.807, 2.05) is 63.2 Å². The summed E-state index contributed by atoms with van der Waals surface area (Å²) < 4.78 is 14.8. The second-order valence-corrected chi connectivity index (χ2v) is 11.2. The van der Waals surface area contributed by atoms with Gasteiger partial charge in [0.2, 0.25) is 5.92 Å². The van der Waals surface area contributed by atoms with Crippen LogP contribution in [0.1, 0.15) is 90.8 Å². The summed E-state index contributed by atoms with van der Waals surface area (Å²) in [5.74, 6) is -5.12. The lowest BCUT2D eigenvalue weighted by molar-refractivity contribution is -0.165. The van der Waals surface area contributed by atoms with Gasteiger partial charge in [0.15, 0.2) is 11.6 Å². The molecule has 0 radical (unpaired) electrons. The van der Waals surface area contributed by atoms with E-state index in [1.54, 1.807) is 39.8 Å². The number of ketones is 2. The van der Waals surface area contributed by atoms with Crippen molar-refractivity contribution >= 4 is 35.2 Å². The summed E-state index contributed by atoms with van der Waals surface area (Å²) >= 11 is 0. The molecular weight excluding hydrogens is 576 g/mol. The smallest absolute Gasteiger partial charge is 0.345 e. The monoisotopic (exact) mass is 622 g/mol. The molecule has 3 rings (SSSR count). The first-order valence-corrected chi connectivity index (χ1v) is 15.6. The maximum atomic E-state index is 13.2. The lowest BCUT2D eigenvalue weighted by Gasteiger charge is -2.34. The summed E-state index contributed by atoms with van der Waals surface area (Å²) in [6, 6.07) is 16.4. The van der Waals surface area contributed by atoms with Crippen LogP contribution in [0, 0.1) is 5.92 Å². The van der Waals surface area contributed by atoms with Gasteiger partial charge in [-0.3, -0.25) is 19.2 Å². The van der Waals surface area contributed by atoms with Crippen molar-refractivity contribution in [1.82, 2.24) is 0 Å². The van der Waals surface area contributed by atoms with Gasteiger partial charge in [0.25, 0.3) is 0 Å². The number of ether oxygens (including phenoxy) is 3. The van der Waals surface area contributed by atoms with E-state index < -0.39 is 40.4 Å². The third-order valence-corrected chi connectivity index (χ3v) is 7.98. The Morgan fingerprint density at radius 3 is 1.84 bits per heavy atom. The van der Waals surface area contributed by atoms with Crippen LogP contribution < -0.4 is 0 Å². The third-order valence-electron chi connectivity index (χ3n) is 7.98. The molecule has 45 heavy (non-hydrogen) atoms. The SMILES string of the molecule is CCCC(C)(C(=O)C(C(=O)OCC)C(=O)OCC)c1ccccc1.CCCC1(C)C(=O)C(C(=O)OCC)=C(O)c2ccccc21. The fourth-order valence-electron chi connectivity index (χ4n) is 5.75. The number of carbonyl (C=O) groups is 5. The topological polar surface area (TPSA) is 133 Å². The predicted molar refractivity (Wildman–Crippen MR) is 170 cm³/mol. The van der Waals surface area contributed by atoms with Crippen molar-refractivity contribution in [3.63, 3.8) is 0 Å². The first-order chi connectivity index (χ1) is 21.4. The van der Waals surface area contributed by atoms with Crippen molar-refractivity contribution in [1.29, 1.82) is 0 Å². The van der Waals surface area contributed by atoms with Crippen LogP contribution in [0.2, 0.25) is 0 Å². The number of rotatable bonds is 13. The van der Waals surface area contributed by atoms with E-state index in [4.69, 9.17) is 14.2 Å². The molecule has 0 aliphatic heterocycles. The van der Waals surface area contributed by atoms with Gasteiger partial charge in [-0.25, -0.2) is 4.79 Å². The number of aliphatic hydroxyl groups excluding tert-OH is 1. The van der Waals surface area contributed by atoms with Crippen molar-refractivity contribution in [3.05, 3.63) is 76.9 Å². The first kappa shape index (κ1) is 36.9. The number of hydrogen-bond donors (Lipinski definition) is 1. The molecule has 0 saturated heterocycles. The van der Waals surface area contributed by atoms with Gasteiger partial charge in [0, 0.05) is 5.56 Å². The highest BCUT2D eigenvalue weighted by molar-refractivity contribution is 6.27. The molecule has 0 spiro atoms. The van der Waals surface area contributed by atoms with E-state index in [-0.39, 0.29) is 36.9 Å². The maximum Gasteiger partial charge on any atom is 0.345 e. The van der Waals surface area contributed by atoms with Crippen molar-refractivity contribution < 1.29 is 43.3 Å². The molecule has 0 bridgehead atoms. The van der Waals surface area contributed by atoms with E-state index in [1.165, 1.54) is 0 Å². The molecule has 1 aliphatic rings. The summed E-state index contributed by atoms with van der Waals surface area (Å²) in [6.07, 6.45) is 2.66. The number of aliphatic hydroxyl groups is 1. The minimum atomic E-state index is -1.55. The van der Waals surface area contributed by atoms with Crippen LogP contribution in [0.15, 0.2) is 60.2 Å². The lowest BCUT2D eigenvalue weighted by atomic mass is 9.67. The van der Waals surface area contributed by atoms with Crippen LogP contribution in [-0.4, -0.2) is 54.4 Å². The number of carbonyl (C=O) groups excluding carboxylic acids is 5. The van der Waals surface area contributed by atoms with Gasteiger partial charge in [0.05, 0.1) is 30.7 Å². The van der Waals surface area contributed by atoms with Gasteiger partial charge in [-0.05, 0) is 58.6 Å². The molecule has 244 valence electrons. The van der Waals surface area contributed by atoms with Crippen LogP contribution in [0.3, 0.4) is 0 Å². The van der Waals surface area contributed by atoms with Crippen molar-refractivity contribution in [3.8, 4) is 0 Å². The molecule has 0 saturated carbocycles. The summed E-state index contributed by atoms with van der Waals surface area (Å²) in [6.45, 7) is 12.8. The van der Waals surface area contributed by atoms with Crippen molar-refractivity contribution in [2.75, 3.05) is 19.8 Å². The molecule has 1 aliphatic carbocycles. The molecule has 0 heterocycles. The minimum Gasteiger partial charge on any atom is -0.506 e. The Morgan fingerprint density at radius 1 is 0.800 bits per heavy atom. The number of benzene rings is 2. The van der Waals surface area contributed by atoms with Crippen molar-refractivity contribution in [2.24, 2.45) is 5.92 Å². The molecule has 9 heteroatoms. The van der Waals surface area contributed by atoms with Gasteiger partial charge < -0.3 is 19.3 Å². The molecule has 0 fully saturated rings. The van der Waals surface area contributed by atoms with Gasteiger partial charge in [-0.2, -0.15) is 0 Å². The molecule has 2 aromatic carbocycles. The fraction of sp³-hybridized carbons (Fsp3) is 0.472. The zero-order valence-corrected chi connectivity index (χ0v) is 27.4. The van der Waals surface area contributed by atoms with Crippen LogP contribution in [0.5, 0.6) is 0 Å². The zero-order valence-electron chi connectivity index (χ0n) is 27.4. The molecular formula is C36H46O9. The maximum absolute atomic E-state index is 13.2. The van der Waals surface area contributed by atoms with Crippen LogP contribution >= 0.6 is 0 Å². The average Bonchev–Trinajstić information content (AvgIpc) is 3.02. The van der Waals surface area contributed by atoms with Crippen LogP contribution in [0.25, 0.3) is 5.76 Å². The Balaban J connectivity index is 0.000000316. The highest BCUT2D eigenvalue weighted by Crippen LogP contribution is 2.42. The number of esters is 3. The number of fused-ring (bicyclic) bond motifs is 1. The average molecular weight is 623 g/mol. The van der Waals surface area contributed by atoms with Crippen LogP contribution in [-0.2, 0) is 49.0 Å². The molecule has 2 aromatic rings. The van der Waals surface area contributed by atoms with Gasteiger partial charge in [-0.15, -0.1) is 0 Å². The second kappa shape index (κ2) is 16.7. The summed E-state index contributed by atoms with van der Waals surface area (Å²) in [7, 11) is 0. The quantitative estimate of drug-likeness (QED) is 0.120. The number of hydrogen-bond acceptors (Lipinski definition) is 9. The summed E-state index contributed by atoms with van der Waals surface area (Å²) in [5.41, 5.74) is 0.0836. The van der Waals surface area contributed by atoms with Gasteiger partial charge >= 0.3 is 17.9 Å². The van der Waals surface area contributed by atoms with Crippen molar-refractivity contribution in [2.45, 2.75) is 85.0 Å². The third kappa shape index (κ3) is 8.07. The first-order valence-electron chi connectivity index (χ1n) is 15.6. The summed E-state index contributed by atoms with van der Waals surface area (Å²) in [4.78, 5) is 62.5. The molecule has 0 aromatic heterocycles. The van der Waals surface area contributed by atoms with Gasteiger partial charge in [0.1, 0.15) is 11.3 Å². The van der Waals surface area contributed by atoms with Gasteiger partial charge in [-0.1, -0.05) is 81.3 Å². The second-order valence-electron chi connectivity index (χ2n) is 11.2. The summed E-state index contributed by atoms with van der Waals surface area (Å²) in [5, 5.41) is 10.3. The predicted octanol–water partition coefficient (Wildman–Crippen LogP) is 6.22. The molecule has 1 N–H and O–H groups in total. The van der Waals surface area contributed by atoms with E-state index in [9.17, 15) is 29.1 Å². The zero-order chi connectivity index (χ0) is 33.8. The van der Waals surface area contributed by atoms with E-state index >= 15 is 0 Å². The number of Topliss-reactive ketones (excluding diaryl/α,β-unsaturated/α-hetero) is 2. The Kier molecular flexibility index (Phi) is 13.7. The highest BCUT2D eigenvalue weighted by atomic mass is 16.6. The largest absolute Gasteiger partial charge is 0.506 e. The molecule has 0 amide bonds. The Bertz CT molecular complexity index is 1380. The molecule has 9 nitrogen and oxygen atoms in total.